The second-order valence-corrected chi connectivity index (χ2v) is 9.65. The molecule has 0 saturated carbocycles. The molecule has 1 N–H and O–H groups in total. The summed E-state index contributed by atoms with van der Waals surface area (Å²) >= 11 is 2.57. The molecular weight excluding hydrogens is 472 g/mol. The average Bonchev–Trinajstić information content (AvgIpc) is 3.57. The monoisotopic (exact) mass is 492 g/mol. The van der Waals surface area contributed by atoms with Gasteiger partial charge in [-0.05, 0) is 42.1 Å². The van der Waals surface area contributed by atoms with E-state index in [0.717, 1.165) is 15.8 Å². The third-order valence-corrected chi connectivity index (χ3v) is 7.55. The minimum Gasteiger partial charge on any atom is -0.503 e. The zero-order valence-electron chi connectivity index (χ0n) is 18.6. The van der Waals surface area contributed by atoms with Crippen molar-refractivity contribution in [3.8, 4) is 11.5 Å². The Morgan fingerprint density at radius 1 is 1.12 bits per heavy atom. The Labute approximate surface area is 203 Å². The van der Waals surface area contributed by atoms with Crippen LogP contribution < -0.4 is 14.4 Å². The van der Waals surface area contributed by atoms with Crippen LogP contribution >= 0.6 is 22.7 Å². The van der Waals surface area contributed by atoms with Crippen LogP contribution in [0, 0.1) is 6.92 Å². The van der Waals surface area contributed by atoms with Gasteiger partial charge in [0.2, 0.25) is 5.78 Å². The number of ether oxygens (including phenoxy) is 2. The molecule has 1 aliphatic heterocycles. The maximum Gasteiger partial charge on any atom is 0.296 e. The lowest BCUT2D eigenvalue weighted by atomic mass is 9.94. The highest BCUT2D eigenvalue weighted by Gasteiger charge is 2.47. The fraction of sp³-hybridized carbons (Fsp3) is 0.160. The van der Waals surface area contributed by atoms with E-state index in [1.54, 1.807) is 35.7 Å². The van der Waals surface area contributed by atoms with Gasteiger partial charge in [0.1, 0.15) is 6.04 Å². The number of aryl methyl sites for hydroxylation is 1. The highest BCUT2D eigenvalue weighted by atomic mass is 32.1. The Bertz CT molecular complexity index is 1460. The Balaban J connectivity index is 1.74. The molecule has 3 heterocycles. The van der Waals surface area contributed by atoms with Gasteiger partial charge >= 0.3 is 0 Å². The lowest BCUT2D eigenvalue weighted by Gasteiger charge is -2.26. The number of aliphatic hydroxyl groups is 1. The molecule has 5 rings (SSSR count). The minimum atomic E-state index is -0.950. The van der Waals surface area contributed by atoms with Crippen molar-refractivity contribution >= 4 is 49.7 Å². The number of nitrogens with zero attached hydrogens (tertiary/aromatic N) is 2. The molecule has 0 radical (unpaired) electrons. The van der Waals surface area contributed by atoms with Crippen molar-refractivity contribution in [3.63, 3.8) is 0 Å². The third kappa shape index (κ3) is 3.44. The number of aromatic nitrogens is 1. The molecule has 0 bridgehead atoms. The van der Waals surface area contributed by atoms with Crippen LogP contribution in [0.15, 0.2) is 65.2 Å². The molecule has 4 aromatic rings. The normalized spacial score (nSPS) is 15.9. The molecule has 0 aliphatic carbocycles. The quantitative estimate of drug-likeness (QED) is 0.359. The molecule has 1 atom stereocenters. The fourth-order valence-corrected chi connectivity index (χ4v) is 5.89. The third-order valence-electron chi connectivity index (χ3n) is 5.66. The number of benzene rings is 2. The number of carbonyl (C=O) groups excluding carboxylic acids is 2. The van der Waals surface area contributed by atoms with Gasteiger partial charge in [0, 0.05) is 5.56 Å². The van der Waals surface area contributed by atoms with E-state index in [9.17, 15) is 14.7 Å². The van der Waals surface area contributed by atoms with Crippen LogP contribution in [0.25, 0.3) is 10.2 Å². The molecule has 1 aliphatic rings. The molecule has 2 aromatic carbocycles. The van der Waals surface area contributed by atoms with Crippen LogP contribution in [0.1, 0.15) is 26.8 Å². The highest BCUT2D eigenvalue weighted by molar-refractivity contribution is 7.22. The highest BCUT2D eigenvalue weighted by Crippen LogP contribution is 2.48. The molecule has 0 fully saturated rings. The van der Waals surface area contributed by atoms with Crippen molar-refractivity contribution in [3.05, 3.63) is 81.2 Å². The second-order valence-electron chi connectivity index (χ2n) is 7.70. The first-order valence-electron chi connectivity index (χ1n) is 10.4. The molecule has 2 aromatic heterocycles. The number of Topliss-reactive ketones (excluding diaryl/α,β-unsaturated/α-hetero) is 1. The number of aliphatic hydroxyl groups excluding tert-OH is 1. The minimum absolute atomic E-state index is 0.0190. The molecule has 9 heteroatoms. The molecular formula is C25H20N2O5S2. The number of amides is 1. The van der Waals surface area contributed by atoms with Crippen LogP contribution in [-0.2, 0) is 4.79 Å². The number of hydrogen-bond acceptors (Lipinski definition) is 8. The van der Waals surface area contributed by atoms with E-state index in [1.165, 1.54) is 41.8 Å². The Hall–Kier alpha value is -3.69. The van der Waals surface area contributed by atoms with Crippen LogP contribution in [0.2, 0.25) is 0 Å². The summed E-state index contributed by atoms with van der Waals surface area (Å²) in [5, 5.41) is 13.1. The van der Waals surface area contributed by atoms with Crippen LogP contribution in [0.5, 0.6) is 11.5 Å². The summed E-state index contributed by atoms with van der Waals surface area (Å²) in [7, 11) is 3.01. The number of para-hydroxylation sites is 1. The summed E-state index contributed by atoms with van der Waals surface area (Å²) in [6, 6.07) is 13.5. The van der Waals surface area contributed by atoms with E-state index >= 15 is 0 Å². The molecule has 1 amide bonds. The number of thiazole rings is 1. The summed E-state index contributed by atoms with van der Waals surface area (Å²) in [6.07, 6.45) is 0. The van der Waals surface area contributed by atoms with Crippen molar-refractivity contribution in [2.75, 3.05) is 19.1 Å². The van der Waals surface area contributed by atoms with Crippen molar-refractivity contribution in [2.45, 2.75) is 13.0 Å². The van der Waals surface area contributed by atoms with Gasteiger partial charge in [-0.3, -0.25) is 14.5 Å². The van der Waals surface area contributed by atoms with Gasteiger partial charge < -0.3 is 14.6 Å². The number of anilines is 1. The van der Waals surface area contributed by atoms with E-state index in [4.69, 9.17) is 9.47 Å². The zero-order chi connectivity index (χ0) is 24.0. The van der Waals surface area contributed by atoms with E-state index < -0.39 is 23.5 Å². The first-order valence-corrected chi connectivity index (χ1v) is 12.1. The lowest BCUT2D eigenvalue weighted by molar-refractivity contribution is -0.117. The largest absolute Gasteiger partial charge is 0.503 e. The number of ketones is 1. The molecule has 7 nitrogen and oxygen atoms in total. The Kier molecular flexibility index (Phi) is 5.59. The zero-order valence-corrected chi connectivity index (χ0v) is 20.2. The summed E-state index contributed by atoms with van der Waals surface area (Å²) < 4.78 is 12.0. The maximum absolute atomic E-state index is 13.5. The predicted molar refractivity (Wildman–Crippen MR) is 132 cm³/mol. The van der Waals surface area contributed by atoms with Gasteiger partial charge in [-0.25, -0.2) is 4.98 Å². The summed E-state index contributed by atoms with van der Waals surface area (Å²) in [6.45, 7) is 1.98. The molecule has 0 spiro atoms. The first kappa shape index (κ1) is 22.1. The first-order chi connectivity index (χ1) is 16.4. The topological polar surface area (TPSA) is 89.0 Å². The summed E-state index contributed by atoms with van der Waals surface area (Å²) in [5.41, 5.74) is 2.28. The van der Waals surface area contributed by atoms with Crippen LogP contribution in [0.3, 0.4) is 0 Å². The number of thiophene rings is 1. The predicted octanol–water partition coefficient (Wildman–Crippen LogP) is 5.47. The van der Waals surface area contributed by atoms with Crippen LogP contribution in [0.4, 0.5) is 5.13 Å². The SMILES string of the molecule is COc1cccc([C@@H]2C(C(=O)c3cccs3)=C(O)C(=O)N2c2nc3ccc(C)cc3s2)c1OC. The van der Waals surface area contributed by atoms with Gasteiger partial charge in [0.15, 0.2) is 22.4 Å². The Morgan fingerprint density at radius 3 is 2.65 bits per heavy atom. The number of hydrogen-bond donors (Lipinski definition) is 1. The smallest absolute Gasteiger partial charge is 0.296 e. The Morgan fingerprint density at radius 2 is 1.94 bits per heavy atom. The van der Waals surface area contributed by atoms with E-state index in [2.05, 4.69) is 4.98 Å². The van der Waals surface area contributed by atoms with Crippen molar-refractivity contribution in [2.24, 2.45) is 0 Å². The van der Waals surface area contributed by atoms with Gasteiger partial charge in [0.05, 0.1) is 34.9 Å². The van der Waals surface area contributed by atoms with E-state index in [0.29, 0.717) is 27.1 Å². The van der Waals surface area contributed by atoms with Gasteiger partial charge in [-0.1, -0.05) is 35.6 Å². The summed E-state index contributed by atoms with van der Waals surface area (Å²) in [5.74, 6) is -0.887. The molecule has 0 saturated heterocycles. The lowest BCUT2D eigenvalue weighted by Crippen LogP contribution is -2.31. The standard InChI is InChI=1S/C25H20N2O5S2/c1-13-9-10-15-18(12-13)34-25(26-15)27-20(14-6-4-7-16(31-2)23(14)32-3)19(22(29)24(27)30)21(28)17-8-5-11-33-17/h4-12,20,29H,1-3H3/t20-/m1/s1. The number of carbonyl (C=O) groups is 2. The summed E-state index contributed by atoms with van der Waals surface area (Å²) in [4.78, 5) is 33.4. The van der Waals surface area contributed by atoms with Crippen LogP contribution in [-0.4, -0.2) is 36.0 Å². The van der Waals surface area contributed by atoms with E-state index in [1.807, 2.05) is 25.1 Å². The molecule has 172 valence electrons. The average molecular weight is 493 g/mol. The van der Waals surface area contributed by atoms with Crippen molar-refractivity contribution < 1.29 is 24.2 Å². The number of fused-ring (bicyclic) bond motifs is 1. The van der Waals surface area contributed by atoms with Crippen molar-refractivity contribution in [1.29, 1.82) is 0 Å². The number of methoxy groups -OCH3 is 2. The van der Waals surface area contributed by atoms with Crippen molar-refractivity contribution in [1.82, 2.24) is 4.98 Å². The van der Waals surface area contributed by atoms with Gasteiger partial charge in [-0.15, -0.1) is 11.3 Å². The molecule has 34 heavy (non-hydrogen) atoms. The second kappa shape index (κ2) is 8.58. The fourth-order valence-electron chi connectivity index (χ4n) is 4.12. The van der Waals surface area contributed by atoms with E-state index in [-0.39, 0.29) is 5.57 Å². The van der Waals surface area contributed by atoms with Gasteiger partial charge in [0.25, 0.3) is 5.91 Å². The maximum atomic E-state index is 13.5. The van der Waals surface area contributed by atoms with Gasteiger partial charge in [-0.2, -0.15) is 0 Å². The molecule has 0 unspecified atom stereocenters. The number of rotatable bonds is 6.